The highest BCUT2D eigenvalue weighted by molar-refractivity contribution is 7.92. The van der Waals surface area contributed by atoms with Crippen LogP contribution in [0.25, 0.3) is 10.9 Å². The van der Waals surface area contributed by atoms with E-state index in [2.05, 4.69) is 9.71 Å². The average molecular weight is 356 g/mol. The number of H-pyrrole nitrogens is 1. The van der Waals surface area contributed by atoms with E-state index in [0.717, 1.165) is 11.6 Å². The maximum Gasteiger partial charge on any atom is 0.270 e. The predicted molar refractivity (Wildman–Crippen MR) is 91.7 cm³/mol. The van der Waals surface area contributed by atoms with Crippen LogP contribution in [0.4, 0.5) is 11.4 Å². The van der Waals surface area contributed by atoms with Gasteiger partial charge in [0.2, 0.25) is 0 Å². The van der Waals surface area contributed by atoms with Crippen molar-refractivity contribution in [2.24, 2.45) is 0 Å². The zero-order chi connectivity index (χ0) is 18.2. The van der Waals surface area contributed by atoms with E-state index in [1.807, 2.05) is 13.0 Å². The lowest BCUT2D eigenvalue weighted by molar-refractivity contribution is -0.385. The molecule has 0 fully saturated rings. The Hall–Kier alpha value is -3.38. The molecule has 2 N–H and O–H groups in total. The third-order valence-corrected chi connectivity index (χ3v) is 5.11. The third-order valence-electron chi connectivity index (χ3n) is 3.75. The van der Waals surface area contributed by atoms with Crippen LogP contribution in [-0.4, -0.2) is 18.3 Å². The lowest BCUT2D eigenvalue weighted by Crippen LogP contribution is -2.13. The zero-order valence-electron chi connectivity index (χ0n) is 13.0. The first kappa shape index (κ1) is 16.5. The Balaban J connectivity index is 2.08. The first-order valence-electron chi connectivity index (χ1n) is 7.11. The molecule has 9 heteroatoms. The number of hydrogen-bond acceptors (Lipinski definition) is 5. The zero-order valence-corrected chi connectivity index (χ0v) is 13.8. The van der Waals surface area contributed by atoms with Crippen LogP contribution in [0, 0.1) is 28.4 Å². The molecule has 0 spiro atoms. The first-order chi connectivity index (χ1) is 11.8. The van der Waals surface area contributed by atoms with Gasteiger partial charge in [0.05, 0.1) is 26.6 Å². The van der Waals surface area contributed by atoms with E-state index in [-0.39, 0.29) is 16.3 Å². The maximum absolute atomic E-state index is 12.6. The van der Waals surface area contributed by atoms with Crippen LogP contribution >= 0.6 is 0 Å². The molecule has 0 bridgehead atoms. The van der Waals surface area contributed by atoms with E-state index in [0.29, 0.717) is 16.5 Å². The minimum absolute atomic E-state index is 0.220. The molecule has 0 unspecified atom stereocenters. The van der Waals surface area contributed by atoms with Gasteiger partial charge in [-0.05, 0) is 24.6 Å². The molecular formula is C16H12N4O4S. The van der Waals surface area contributed by atoms with Crippen molar-refractivity contribution in [3.05, 3.63) is 63.8 Å². The highest BCUT2D eigenvalue weighted by Crippen LogP contribution is 2.30. The highest BCUT2D eigenvalue weighted by Gasteiger charge is 2.20. The molecule has 0 radical (unpaired) electrons. The third kappa shape index (κ3) is 2.90. The Kier molecular flexibility index (Phi) is 3.90. The molecule has 25 heavy (non-hydrogen) atoms. The van der Waals surface area contributed by atoms with Gasteiger partial charge in [0.1, 0.15) is 6.07 Å². The number of rotatable bonds is 4. The Morgan fingerprint density at radius 1 is 1.28 bits per heavy atom. The molecule has 3 aromatic rings. The number of aryl methyl sites for hydroxylation is 1. The fourth-order valence-electron chi connectivity index (χ4n) is 2.56. The summed E-state index contributed by atoms with van der Waals surface area (Å²) < 4.78 is 27.6. The number of non-ortho nitro benzene ring substituents is 1. The molecule has 0 saturated heterocycles. The lowest BCUT2D eigenvalue weighted by atomic mass is 10.1. The number of aromatic nitrogens is 1. The highest BCUT2D eigenvalue weighted by atomic mass is 32.2. The number of anilines is 1. The van der Waals surface area contributed by atoms with Crippen molar-refractivity contribution in [1.82, 2.24) is 4.98 Å². The monoisotopic (exact) mass is 356 g/mol. The van der Waals surface area contributed by atoms with Crippen molar-refractivity contribution in [2.75, 3.05) is 4.72 Å². The van der Waals surface area contributed by atoms with Crippen molar-refractivity contribution in [2.45, 2.75) is 11.8 Å². The summed E-state index contributed by atoms with van der Waals surface area (Å²) in [7, 11) is -4.03. The number of nitriles is 1. The second kappa shape index (κ2) is 5.92. The second-order valence-corrected chi connectivity index (χ2v) is 7.04. The van der Waals surface area contributed by atoms with Crippen molar-refractivity contribution >= 4 is 32.3 Å². The van der Waals surface area contributed by atoms with Gasteiger partial charge < -0.3 is 4.98 Å². The number of nitro benzene ring substituents is 1. The molecule has 1 aromatic heterocycles. The maximum atomic E-state index is 12.6. The molecule has 1 heterocycles. The fourth-order valence-corrected chi connectivity index (χ4v) is 3.67. The van der Waals surface area contributed by atoms with Gasteiger partial charge in [0, 0.05) is 23.7 Å². The number of nitrogens with zero attached hydrogens (tertiary/aromatic N) is 2. The standard InChI is InChI=1S/C16H12N4O4S/c1-10-5-6-14(16-15(10)11(8-17)9-18-16)19-25(23,24)13-4-2-3-12(7-13)20(21)22/h2-7,9,18-19H,1H3. The molecule has 0 atom stereocenters. The summed E-state index contributed by atoms with van der Waals surface area (Å²) in [5, 5.41) is 20.6. The molecular weight excluding hydrogens is 344 g/mol. The predicted octanol–water partition coefficient (Wildman–Crippen LogP) is 3.06. The Morgan fingerprint density at radius 2 is 2.04 bits per heavy atom. The number of sulfonamides is 1. The lowest BCUT2D eigenvalue weighted by Gasteiger charge is -2.10. The summed E-state index contributed by atoms with van der Waals surface area (Å²) in [5.41, 5.74) is 1.65. The molecule has 126 valence electrons. The number of nitro groups is 1. The number of benzene rings is 2. The molecule has 0 aliphatic rings. The largest absolute Gasteiger partial charge is 0.358 e. The van der Waals surface area contributed by atoms with Crippen LogP contribution in [0.1, 0.15) is 11.1 Å². The van der Waals surface area contributed by atoms with Gasteiger partial charge in [0.25, 0.3) is 15.7 Å². The molecule has 0 aliphatic carbocycles. The molecule has 0 saturated carbocycles. The molecule has 0 amide bonds. The smallest absolute Gasteiger partial charge is 0.270 e. The van der Waals surface area contributed by atoms with Gasteiger partial charge in [-0.3, -0.25) is 14.8 Å². The van der Waals surface area contributed by atoms with Crippen LogP contribution in [0.2, 0.25) is 0 Å². The molecule has 2 aromatic carbocycles. The van der Waals surface area contributed by atoms with Gasteiger partial charge >= 0.3 is 0 Å². The number of nitrogens with one attached hydrogen (secondary N) is 2. The van der Waals surface area contributed by atoms with E-state index < -0.39 is 14.9 Å². The molecule has 3 rings (SSSR count). The number of hydrogen-bond donors (Lipinski definition) is 2. The minimum Gasteiger partial charge on any atom is -0.358 e. The minimum atomic E-state index is -4.03. The topological polar surface area (TPSA) is 129 Å². The molecule has 0 aliphatic heterocycles. The van der Waals surface area contributed by atoms with Crippen molar-refractivity contribution in [3.8, 4) is 6.07 Å². The van der Waals surface area contributed by atoms with Gasteiger partial charge in [-0.2, -0.15) is 5.26 Å². The van der Waals surface area contributed by atoms with Crippen LogP contribution in [0.5, 0.6) is 0 Å². The second-order valence-electron chi connectivity index (χ2n) is 5.35. The normalized spacial score (nSPS) is 11.2. The van der Waals surface area contributed by atoms with E-state index in [1.165, 1.54) is 24.4 Å². The number of aromatic amines is 1. The summed E-state index contributed by atoms with van der Waals surface area (Å²) >= 11 is 0. The van der Waals surface area contributed by atoms with E-state index in [9.17, 15) is 18.5 Å². The summed E-state index contributed by atoms with van der Waals surface area (Å²) in [5.74, 6) is 0. The van der Waals surface area contributed by atoms with Gasteiger partial charge in [0.15, 0.2) is 0 Å². The van der Waals surface area contributed by atoms with Crippen LogP contribution < -0.4 is 4.72 Å². The first-order valence-corrected chi connectivity index (χ1v) is 8.60. The summed E-state index contributed by atoms with van der Waals surface area (Å²) in [4.78, 5) is 12.9. The Labute approximate surface area is 142 Å². The van der Waals surface area contributed by atoms with Crippen LogP contribution in [-0.2, 0) is 10.0 Å². The van der Waals surface area contributed by atoms with Gasteiger partial charge in [-0.15, -0.1) is 0 Å². The molecule has 8 nitrogen and oxygen atoms in total. The quantitative estimate of drug-likeness (QED) is 0.548. The Morgan fingerprint density at radius 3 is 2.72 bits per heavy atom. The van der Waals surface area contributed by atoms with E-state index in [4.69, 9.17) is 5.26 Å². The van der Waals surface area contributed by atoms with Gasteiger partial charge in [-0.1, -0.05) is 12.1 Å². The van der Waals surface area contributed by atoms with E-state index >= 15 is 0 Å². The fraction of sp³-hybridized carbons (Fsp3) is 0.0625. The SMILES string of the molecule is Cc1ccc(NS(=O)(=O)c2cccc([N+](=O)[O-])c2)c2[nH]cc(C#N)c12. The summed E-state index contributed by atoms with van der Waals surface area (Å²) in [6.07, 6.45) is 1.50. The van der Waals surface area contributed by atoms with E-state index in [1.54, 1.807) is 12.1 Å². The Bertz CT molecular complexity index is 1140. The van der Waals surface area contributed by atoms with Crippen molar-refractivity contribution in [1.29, 1.82) is 5.26 Å². The average Bonchev–Trinajstić information content (AvgIpc) is 3.02. The van der Waals surface area contributed by atoms with Gasteiger partial charge in [-0.25, -0.2) is 8.42 Å². The number of fused-ring (bicyclic) bond motifs is 1. The summed E-state index contributed by atoms with van der Waals surface area (Å²) in [6, 6.07) is 10.1. The van der Waals surface area contributed by atoms with Crippen molar-refractivity contribution < 1.29 is 13.3 Å². The summed E-state index contributed by atoms with van der Waals surface area (Å²) in [6.45, 7) is 1.82. The van der Waals surface area contributed by atoms with Crippen LogP contribution in [0.3, 0.4) is 0 Å². The van der Waals surface area contributed by atoms with Crippen LogP contribution in [0.15, 0.2) is 47.5 Å². The van der Waals surface area contributed by atoms with Crippen molar-refractivity contribution in [3.63, 3.8) is 0 Å².